The molecule has 0 aliphatic carbocycles. The number of piperidine rings is 1. The predicted octanol–water partition coefficient (Wildman–Crippen LogP) is 1.84. The third-order valence-electron chi connectivity index (χ3n) is 5.10. The highest BCUT2D eigenvalue weighted by molar-refractivity contribution is 5.68. The van der Waals surface area contributed by atoms with E-state index in [1.165, 1.54) is 4.90 Å². The summed E-state index contributed by atoms with van der Waals surface area (Å²) in [7, 11) is 0. The van der Waals surface area contributed by atoms with E-state index < -0.39 is 36.7 Å². The van der Waals surface area contributed by atoms with Crippen molar-refractivity contribution in [2.45, 2.75) is 37.3 Å². The van der Waals surface area contributed by atoms with E-state index in [9.17, 15) is 15.0 Å². The minimum absolute atomic E-state index is 0.0430. The average molecular weight is 385 g/mol. The number of β-amino-alcohol motifs (C(OH)–C–C–N with tert-alkyl or cyclic N) is 1. The second kappa shape index (κ2) is 8.28. The van der Waals surface area contributed by atoms with Crippen LogP contribution in [0.15, 0.2) is 60.7 Å². The molecule has 1 unspecified atom stereocenters. The molecular formula is C21H23NO6. The van der Waals surface area contributed by atoms with Gasteiger partial charge in [0.2, 0.25) is 0 Å². The Morgan fingerprint density at radius 1 is 1.07 bits per heavy atom. The van der Waals surface area contributed by atoms with Crippen LogP contribution in [-0.4, -0.2) is 58.7 Å². The smallest absolute Gasteiger partial charge is 0.410 e. The van der Waals surface area contributed by atoms with Gasteiger partial charge in [0.1, 0.15) is 24.9 Å². The van der Waals surface area contributed by atoms with Gasteiger partial charge in [-0.1, -0.05) is 60.7 Å². The molecule has 28 heavy (non-hydrogen) atoms. The predicted molar refractivity (Wildman–Crippen MR) is 99.1 cm³/mol. The fourth-order valence-corrected chi connectivity index (χ4v) is 3.59. The van der Waals surface area contributed by atoms with Crippen LogP contribution in [0, 0.1) is 0 Å². The Bertz CT molecular complexity index is 786. The first-order valence-corrected chi connectivity index (χ1v) is 9.29. The molecule has 0 radical (unpaired) electrons. The lowest BCUT2D eigenvalue weighted by atomic mass is 9.93. The number of amides is 1. The monoisotopic (exact) mass is 385 g/mol. The Labute approximate surface area is 163 Å². The SMILES string of the molecule is O=C(OCc1ccccc1)N1C[C@H](O)[C@@H](O)[C@@H]2OC(c3ccccc3)OC[C@H]21. The zero-order chi connectivity index (χ0) is 19.5. The number of carbonyl (C=O) groups is 1. The lowest BCUT2D eigenvalue weighted by Crippen LogP contribution is -2.66. The summed E-state index contributed by atoms with van der Waals surface area (Å²) in [6, 6.07) is 18.2. The average Bonchev–Trinajstić information content (AvgIpc) is 2.75. The number of likely N-dealkylation sites (tertiary alicyclic amines) is 1. The molecule has 2 aliphatic rings. The van der Waals surface area contributed by atoms with Crippen LogP contribution >= 0.6 is 0 Å². The molecule has 2 aromatic carbocycles. The van der Waals surface area contributed by atoms with E-state index >= 15 is 0 Å². The minimum atomic E-state index is -1.12. The van der Waals surface area contributed by atoms with E-state index in [4.69, 9.17) is 14.2 Å². The topological polar surface area (TPSA) is 88.5 Å². The van der Waals surface area contributed by atoms with Gasteiger partial charge in [0.25, 0.3) is 0 Å². The number of benzene rings is 2. The zero-order valence-corrected chi connectivity index (χ0v) is 15.3. The van der Waals surface area contributed by atoms with Gasteiger partial charge in [-0.25, -0.2) is 4.79 Å². The third-order valence-corrected chi connectivity index (χ3v) is 5.10. The van der Waals surface area contributed by atoms with Gasteiger partial charge >= 0.3 is 6.09 Å². The Morgan fingerprint density at radius 2 is 1.75 bits per heavy atom. The van der Waals surface area contributed by atoms with Gasteiger partial charge in [0.15, 0.2) is 6.29 Å². The molecule has 2 aliphatic heterocycles. The molecule has 2 N–H and O–H groups in total. The van der Waals surface area contributed by atoms with E-state index in [0.29, 0.717) is 0 Å². The van der Waals surface area contributed by atoms with Crippen LogP contribution in [0.2, 0.25) is 0 Å². The van der Waals surface area contributed by atoms with Crippen molar-refractivity contribution in [3.63, 3.8) is 0 Å². The van der Waals surface area contributed by atoms with E-state index in [0.717, 1.165) is 11.1 Å². The number of carbonyl (C=O) groups excluding carboxylic acids is 1. The number of hydrogen-bond donors (Lipinski definition) is 2. The number of ether oxygens (including phenoxy) is 3. The Morgan fingerprint density at radius 3 is 2.46 bits per heavy atom. The van der Waals surface area contributed by atoms with Crippen LogP contribution < -0.4 is 0 Å². The van der Waals surface area contributed by atoms with E-state index in [2.05, 4.69) is 0 Å². The molecule has 148 valence electrons. The van der Waals surface area contributed by atoms with Gasteiger partial charge < -0.3 is 24.4 Å². The van der Waals surface area contributed by atoms with Crippen LogP contribution in [0.1, 0.15) is 17.4 Å². The van der Waals surface area contributed by atoms with Crippen molar-refractivity contribution in [2.75, 3.05) is 13.2 Å². The van der Waals surface area contributed by atoms with Crippen LogP contribution in [0.4, 0.5) is 4.79 Å². The van der Waals surface area contributed by atoms with Gasteiger partial charge in [-0.05, 0) is 5.56 Å². The summed E-state index contributed by atoms with van der Waals surface area (Å²) in [6.07, 6.45) is -4.25. The summed E-state index contributed by atoms with van der Waals surface area (Å²) in [5.74, 6) is 0. The maximum absolute atomic E-state index is 12.6. The molecular weight excluding hydrogens is 362 g/mol. The highest BCUT2D eigenvalue weighted by atomic mass is 16.7. The van der Waals surface area contributed by atoms with Crippen molar-refractivity contribution >= 4 is 6.09 Å². The van der Waals surface area contributed by atoms with Crippen molar-refractivity contribution < 1.29 is 29.2 Å². The second-order valence-electron chi connectivity index (χ2n) is 6.99. The number of aliphatic hydroxyl groups excluding tert-OH is 2. The Hall–Kier alpha value is -2.45. The van der Waals surface area contributed by atoms with Gasteiger partial charge in [0.05, 0.1) is 19.2 Å². The molecule has 1 amide bonds. The number of fused-ring (bicyclic) bond motifs is 1. The lowest BCUT2D eigenvalue weighted by Gasteiger charge is -2.48. The zero-order valence-electron chi connectivity index (χ0n) is 15.3. The summed E-state index contributed by atoms with van der Waals surface area (Å²) in [5.41, 5.74) is 1.68. The fraction of sp³-hybridized carbons (Fsp3) is 0.381. The number of rotatable bonds is 3. The molecule has 0 aromatic heterocycles. The first kappa shape index (κ1) is 18.9. The van der Waals surface area contributed by atoms with E-state index in [-0.39, 0.29) is 19.8 Å². The molecule has 0 spiro atoms. The molecule has 5 atom stereocenters. The minimum Gasteiger partial charge on any atom is -0.445 e. The van der Waals surface area contributed by atoms with Crippen molar-refractivity contribution in [2.24, 2.45) is 0 Å². The highest BCUT2D eigenvalue weighted by Gasteiger charge is 2.49. The maximum Gasteiger partial charge on any atom is 0.410 e. The summed E-state index contributed by atoms with van der Waals surface area (Å²) < 4.78 is 17.1. The van der Waals surface area contributed by atoms with Crippen molar-refractivity contribution in [3.05, 3.63) is 71.8 Å². The number of hydrogen-bond acceptors (Lipinski definition) is 6. The first-order valence-electron chi connectivity index (χ1n) is 9.29. The van der Waals surface area contributed by atoms with Crippen molar-refractivity contribution in [1.82, 2.24) is 4.90 Å². The maximum atomic E-state index is 12.6. The lowest BCUT2D eigenvalue weighted by molar-refractivity contribution is -0.283. The van der Waals surface area contributed by atoms with E-state index in [1.807, 2.05) is 60.7 Å². The van der Waals surface area contributed by atoms with Crippen molar-refractivity contribution in [1.29, 1.82) is 0 Å². The molecule has 0 bridgehead atoms. The Kier molecular flexibility index (Phi) is 5.59. The van der Waals surface area contributed by atoms with Gasteiger partial charge in [-0.3, -0.25) is 4.90 Å². The summed E-state index contributed by atoms with van der Waals surface area (Å²) >= 11 is 0. The van der Waals surface area contributed by atoms with Crippen LogP contribution in [-0.2, 0) is 20.8 Å². The molecule has 2 fully saturated rings. The summed E-state index contributed by atoms with van der Waals surface area (Å²) in [6.45, 7) is 0.258. The third kappa shape index (κ3) is 3.88. The molecule has 2 saturated heterocycles. The number of aliphatic hydroxyl groups is 2. The molecule has 2 aromatic rings. The molecule has 7 nitrogen and oxygen atoms in total. The molecule has 2 heterocycles. The quantitative estimate of drug-likeness (QED) is 0.838. The molecule has 0 saturated carbocycles. The van der Waals surface area contributed by atoms with Gasteiger partial charge in [-0.15, -0.1) is 0 Å². The molecule has 7 heteroatoms. The molecule has 4 rings (SSSR count). The fourth-order valence-electron chi connectivity index (χ4n) is 3.59. The standard InChI is InChI=1S/C21H23NO6/c23-17-11-22(21(25)27-12-14-7-3-1-4-8-14)16-13-26-20(28-19(16)18(17)24)15-9-5-2-6-10-15/h1-10,16-20,23-24H,11-13H2/t16-,17+,18-,19-,20?/m1/s1. The number of nitrogens with zero attached hydrogens (tertiary/aromatic N) is 1. The summed E-state index contributed by atoms with van der Waals surface area (Å²) in [4.78, 5) is 14.0. The Balaban J connectivity index is 1.45. The van der Waals surface area contributed by atoms with Crippen LogP contribution in [0.3, 0.4) is 0 Å². The first-order chi connectivity index (χ1) is 13.6. The van der Waals surface area contributed by atoms with Crippen molar-refractivity contribution in [3.8, 4) is 0 Å². The van der Waals surface area contributed by atoms with Gasteiger partial charge in [-0.2, -0.15) is 0 Å². The van der Waals surface area contributed by atoms with Crippen LogP contribution in [0.5, 0.6) is 0 Å². The largest absolute Gasteiger partial charge is 0.445 e. The van der Waals surface area contributed by atoms with E-state index in [1.54, 1.807) is 0 Å². The summed E-state index contributed by atoms with van der Waals surface area (Å²) in [5, 5.41) is 20.7. The van der Waals surface area contributed by atoms with Gasteiger partial charge in [0, 0.05) is 5.56 Å². The van der Waals surface area contributed by atoms with Crippen LogP contribution in [0.25, 0.3) is 0 Å². The highest BCUT2D eigenvalue weighted by Crippen LogP contribution is 2.33. The normalized spacial score (nSPS) is 29.8. The second-order valence-corrected chi connectivity index (χ2v) is 6.99.